The molecule has 0 saturated carbocycles. The van der Waals surface area contributed by atoms with Crippen LogP contribution in [0, 0.1) is 13.8 Å². The van der Waals surface area contributed by atoms with Crippen molar-refractivity contribution in [2.45, 2.75) is 20.5 Å². The van der Waals surface area contributed by atoms with Gasteiger partial charge in [0.25, 0.3) is 5.89 Å². The summed E-state index contributed by atoms with van der Waals surface area (Å²) in [5, 5.41) is 7.28. The first-order chi connectivity index (χ1) is 7.66. The van der Waals surface area contributed by atoms with E-state index < -0.39 is 0 Å². The van der Waals surface area contributed by atoms with Crippen molar-refractivity contribution in [2.75, 3.05) is 5.73 Å². The molecule has 0 fully saturated rings. The van der Waals surface area contributed by atoms with Crippen LogP contribution in [-0.4, -0.2) is 10.2 Å². The van der Waals surface area contributed by atoms with Gasteiger partial charge in [0.15, 0.2) is 6.61 Å². The Hall–Kier alpha value is -2.04. The van der Waals surface area contributed by atoms with E-state index in [1.165, 1.54) is 0 Å². The van der Waals surface area contributed by atoms with Crippen LogP contribution in [-0.2, 0) is 6.61 Å². The van der Waals surface area contributed by atoms with E-state index in [9.17, 15) is 0 Å². The van der Waals surface area contributed by atoms with Crippen molar-refractivity contribution in [3.8, 4) is 5.75 Å². The number of nitrogens with two attached hydrogens (primary N) is 1. The van der Waals surface area contributed by atoms with Crippen LogP contribution in [0.15, 0.2) is 22.6 Å². The molecule has 0 atom stereocenters. The number of para-hydroxylation sites is 1. The molecule has 2 rings (SSSR count). The van der Waals surface area contributed by atoms with Crippen LogP contribution in [0.25, 0.3) is 0 Å². The summed E-state index contributed by atoms with van der Waals surface area (Å²) in [6.45, 7) is 4.21. The second-order valence-electron chi connectivity index (χ2n) is 3.54. The topological polar surface area (TPSA) is 74.2 Å². The molecule has 0 amide bonds. The van der Waals surface area contributed by atoms with Gasteiger partial charge in [-0.25, -0.2) is 0 Å². The summed E-state index contributed by atoms with van der Waals surface area (Å²) in [7, 11) is 0. The number of benzene rings is 1. The molecule has 0 aliphatic rings. The maximum Gasteiger partial charge on any atom is 0.312 e. The second kappa shape index (κ2) is 4.22. The van der Waals surface area contributed by atoms with Gasteiger partial charge in [0.1, 0.15) is 5.75 Å². The third-order valence-corrected chi connectivity index (χ3v) is 2.23. The molecule has 1 aromatic carbocycles. The summed E-state index contributed by atoms with van der Waals surface area (Å²) < 4.78 is 10.6. The van der Waals surface area contributed by atoms with Crippen molar-refractivity contribution >= 4 is 6.01 Å². The Balaban J connectivity index is 2.10. The Morgan fingerprint density at radius 2 is 1.94 bits per heavy atom. The third-order valence-electron chi connectivity index (χ3n) is 2.23. The molecule has 2 N–H and O–H groups in total. The summed E-state index contributed by atoms with van der Waals surface area (Å²) in [6, 6.07) is 6.03. The molecule has 0 aliphatic carbocycles. The van der Waals surface area contributed by atoms with Crippen molar-refractivity contribution in [3.05, 3.63) is 35.2 Å². The summed E-state index contributed by atoms with van der Waals surface area (Å²) in [5.74, 6) is 1.22. The van der Waals surface area contributed by atoms with Crippen LogP contribution in [0.3, 0.4) is 0 Å². The van der Waals surface area contributed by atoms with Gasteiger partial charge in [-0.1, -0.05) is 23.3 Å². The number of rotatable bonds is 3. The lowest BCUT2D eigenvalue weighted by molar-refractivity contribution is 0.262. The number of anilines is 1. The second-order valence-corrected chi connectivity index (χ2v) is 3.54. The number of hydrogen-bond acceptors (Lipinski definition) is 5. The van der Waals surface area contributed by atoms with E-state index in [1.807, 2.05) is 32.0 Å². The minimum absolute atomic E-state index is 0.0557. The Morgan fingerprint density at radius 1 is 1.25 bits per heavy atom. The Bertz CT molecular complexity index is 473. The van der Waals surface area contributed by atoms with Crippen LogP contribution in [0.4, 0.5) is 6.01 Å². The SMILES string of the molecule is Cc1cccc(C)c1OCc1nnc(N)o1. The minimum Gasteiger partial charge on any atom is -0.483 e. The molecule has 0 aliphatic heterocycles. The predicted octanol–water partition coefficient (Wildman–Crippen LogP) is 1.85. The van der Waals surface area contributed by atoms with E-state index in [-0.39, 0.29) is 12.6 Å². The fourth-order valence-corrected chi connectivity index (χ4v) is 1.49. The molecule has 0 radical (unpaired) electrons. The van der Waals surface area contributed by atoms with Crippen LogP contribution < -0.4 is 10.5 Å². The van der Waals surface area contributed by atoms with Crippen LogP contribution in [0.2, 0.25) is 0 Å². The van der Waals surface area contributed by atoms with Crippen molar-refractivity contribution < 1.29 is 9.15 Å². The third kappa shape index (κ3) is 2.13. The zero-order valence-corrected chi connectivity index (χ0v) is 9.23. The predicted molar refractivity (Wildman–Crippen MR) is 59.0 cm³/mol. The highest BCUT2D eigenvalue weighted by Crippen LogP contribution is 2.23. The Morgan fingerprint density at radius 3 is 2.50 bits per heavy atom. The molecular formula is C11H13N3O2. The lowest BCUT2D eigenvalue weighted by Crippen LogP contribution is -1.99. The minimum atomic E-state index is 0.0557. The van der Waals surface area contributed by atoms with Gasteiger partial charge in [-0.15, -0.1) is 5.10 Å². The summed E-state index contributed by atoms with van der Waals surface area (Å²) in [6.07, 6.45) is 0. The number of nitrogens with zero attached hydrogens (tertiary/aromatic N) is 2. The van der Waals surface area contributed by atoms with Gasteiger partial charge in [0.2, 0.25) is 0 Å². The molecule has 1 heterocycles. The zero-order chi connectivity index (χ0) is 11.5. The van der Waals surface area contributed by atoms with Crippen molar-refractivity contribution in [1.29, 1.82) is 0 Å². The van der Waals surface area contributed by atoms with Crippen molar-refractivity contribution in [1.82, 2.24) is 10.2 Å². The average molecular weight is 219 g/mol. The van der Waals surface area contributed by atoms with Crippen LogP contribution in [0.5, 0.6) is 5.75 Å². The fourth-order valence-electron chi connectivity index (χ4n) is 1.49. The summed E-state index contributed by atoms with van der Waals surface area (Å²) in [5.41, 5.74) is 7.46. The molecule has 0 bridgehead atoms. The average Bonchev–Trinajstić information content (AvgIpc) is 2.63. The highest BCUT2D eigenvalue weighted by atomic mass is 16.5. The van der Waals surface area contributed by atoms with E-state index in [4.69, 9.17) is 14.9 Å². The maximum atomic E-state index is 5.62. The van der Waals surface area contributed by atoms with Gasteiger partial charge in [0.05, 0.1) is 0 Å². The molecule has 0 spiro atoms. The normalized spacial score (nSPS) is 10.4. The quantitative estimate of drug-likeness (QED) is 0.852. The first kappa shape index (κ1) is 10.5. The number of ether oxygens (including phenoxy) is 1. The number of nitrogen functional groups attached to an aromatic ring is 1. The number of aromatic nitrogens is 2. The monoisotopic (exact) mass is 219 g/mol. The first-order valence-corrected chi connectivity index (χ1v) is 4.93. The maximum absolute atomic E-state index is 5.62. The van der Waals surface area contributed by atoms with Gasteiger partial charge < -0.3 is 14.9 Å². The Labute approximate surface area is 93.2 Å². The lowest BCUT2D eigenvalue weighted by atomic mass is 10.1. The van der Waals surface area contributed by atoms with Gasteiger partial charge >= 0.3 is 6.01 Å². The molecule has 84 valence electrons. The van der Waals surface area contributed by atoms with E-state index in [2.05, 4.69) is 10.2 Å². The molecule has 0 unspecified atom stereocenters. The number of aryl methyl sites for hydroxylation is 2. The van der Waals surface area contributed by atoms with Crippen molar-refractivity contribution in [2.24, 2.45) is 0 Å². The first-order valence-electron chi connectivity index (χ1n) is 4.93. The standard InChI is InChI=1S/C11H13N3O2/c1-7-4-3-5-8(2)10(7)15-6-9-13-14-11(12)16-9/h3-5H,6H2,1-2H3,(H2,12,14). The Kier molecular flexibility index (Phi) is 2.76. The van der Waals surface area contributed by atoms with E-state index in [0.717, 1.165) is 16.9 Å². The molecule has 0 saturated heterocycles. The van der Waals surface area contributed by atoms with Crippen molar-refractivity contribution in [3.63, 3.8) is 0 Å². The summed E-state index contributed by atoms with van der Waals surface area (Å²) in [4.78, 5) is 0. The summed E-state index contributed by atoms with van der Waals surface area (Å²) >= 11 is 0. The van der Waals surface area contributed by atoms with Gasteiger partial charge in [-0.05, 0) is 25.0 Å². The largest absolute Gasteiger partial charge is 0.483 e. The smallest absolute Gasteiger partial charge is 0.312 e. The highest BCUT2D eigenvalue weighted by molar-refractivity contribution is 5.39. The molecule has 1 aromatic heterocycles. The lowest BCUT2D eigenvalue weighted by Gasteiger charge is -2.09. The van der Waals surface area contributed by atoms with Gasteiger partial charge in [-0.3, -0.25) is 0 Å². The molecular weight excluding hydrogens is 206 g/mol. The van der Waals surface area contributed by atoms with Gasteiger partial charge in [-0.2, -0.15) is 0 Å². The molecule has 5 heteroatoms. The number of hydrogen-bond donors (Lipinski definition) is 1. The zero-order valence-electron chi connectivity index (χ0n) is 9.23. The van der Waals surface area contributed by atoms with Crippen LogP contribution >= 0.6 is 0 Å². The molecule has 2 aromatic rings. The van der Waals surface area contributed by atoms with E-state index >= 15 is 0 Å². The highest BCUT2D eigenvalue weighted by Gasteiger charge is 2.07. The molecule has 5 nitrogen and oxygen atoms in total. The van der Waals surface area contributed by atoms with E-state index in [1.54, 1.807) is 0 Å². The van der Waals surface area contributed by atoms with Crippen LogP contribution in [0.1, 0.15) is 17.0 Å². The fraction of sp³-hybridized carbons (Fsp3) is 0.273. The van der Waals surface area contributed by atoms with E-state index in [0.29, 0.717) is 5.89 Å². The molecule has 16 heavy (non-hydrogen) atoms. The van der Waals surface area contributed by atoms with Gasteiger partial charge in [0, 0.05) is 0 Å².